The average molecular weight is 404 g/mol. The van der Waals surface area contributed by atoms with Crippen LogP contribution in [0.4, 0.5) is 5.69 Å². The summed E-state index contributed by atoms with van der Waals surface area (Å²) in [6, 6.07) is 8.11. The van der Waals surface area contributed by atoms with E-state index >= 15 is 0 Å². The Hall–Kier alpha value is -3.38. The van der Waals surface area contributed by atoms with E-state index in [9.17, 15) is 23.3 Å². The van der Waals surface area contributed by atoms with Crippen molar-refractivity contribution in [3.63, 3.8) is 0 Å². The van der Waals surface area contributed by atoms with Crippen LogP contribution in [0.3, 0.4) is 0 Å². The van der Waals surface area contributed by atoms with Gasteiger partial charge < -0.3 is 0 Å². The summed E-state index contributed by atoms with van der Waals surface area (Å²) < 4.78 is 29.9. The lowest BCUT2D eigenvalue weighted by molar-refractivity contribution is -0.385. The third kappa shape index (κ3) is 4.13. The fourth-order valence-corrected chi connectivity index (χ4v) is 3.76. The molecular weight excluding hydrogens is 388 g/mol. The molecule has 0 amide bonds. The summed E-state index contributed by atoms with van der Waals surface area (Å²) in [4.78, 5) is 22.0. The number of aryl methyl sites for hydroxylation is 1. The van der Waals surface area contributed by atoms with E-state index in [2.05, 4.69) is 14.9 Å². The second-order valence-corrected chi connectivity index (χ2v) is 7.54. The average Bonchev–Trinajstić information content (AvgIpc) is 3.18. The Kier molecular flexibility index (Phi) is 5.33. The second kappa shape index (κ2) is 7.70. The lowest BCUT2D eigenvalue weighted by Crippen LogP contribution is -2.32. The molecular formula is C16H16N6O5S. The third-order valence-corrected chi connectivity index (χ3v) is 5.48. The largest absolute Gasteiger partial charge is 0.270 e. The predicted molar refractivity (Wildman–Crippen MR) is 98.6 cm³/mol. The molecule has 3 rings (SSSR count). The van der Waals surface area contributed by atoms with Gasteiger partial charge in [0, 0.05) is 37.1 Å². The van der Waals surface area contributed by atoms with Crippen molar-refractivity contribution >= 4 is 15.7 Å². The molecule has 0 unspecified atom stereocenters. The van der Waals surface area contributed by atoms with E-state index in [-0.39, 0.29) is 23.7 Å². The normalized spacial score (nSPS) is 11.5. The highest BCUT2D eigenvalue weighted by molar-refractivity contribution is 7.89. The molecule has 0 saturated heterocycles. The molecule has 0 fully saturated rings. The van der Waals surface area contributed by atoms with Gasteiger partial charge in [-0.15, -0.1) is 5.10 Å². The number of nitro benzene ring substituents is 1. The van der Waals surface area contributed by atoms with Crippen LogP contribution >= 0.6 is 0 Å². The Labute approximate surface area is 159 Å². The molecule has 0 atom stereocenters. The molecule has 0 bridgehead atoms. The molecule has 146 valence electrons. The van der Waals surface area contributed by atoms with Gasteiger partial charge in [0.15, 0.2) is 5.82 Å². The van der Waals surface area contributed by atoms with Gasteiger partial charge in [-0.1, -0.05) is 6.07 Å². The van der Waals surface area contributed by atoms with Crippen LogP contribution in [-0.2, 0) is 16.6 Å². The third-order valence-electron chi connectivity index (χ3n) is 3.88. The van der Waals surface area contributed by atoms with Gasteiger partial charge in [0.2, 0.25) is 10.0 Å². The molecule has 1 N–H and O–H groups in total. The minimum absolute atomic E-state index is 0.0266. The van der Waals surface area contributed by atoms with Crippen LogP contribution < -0.4 is 10.3 Å². The van der Waals surface area contributed by atoms with Crippen molar-refractivity contribution in [3.8, 4) is 5.82 Å². The Balaban J connectivity index is 1.76. The van der Waals surface area contributed by atoms with Crippen molar-refractivity contribution < 1.29 is 13.3 Å². The zero-order chi connectivity index (χ0) is 20.3. The molecule has 2 aromatic heterocycles. The Morgan fingerprint density at radius 3 is 2.71 bits per heavy atom. The van der Waals surface area contributed by atoms with Gasteiger partial charge in [-0.25, -0.2) is 22.5 Å². The first-order chi connectivity index (χ1) is 13.3. The molecule has 0 aliphatic heterocycles. The maximum Gasteiger partial charge on any atom is 0.270 e. The first-order valence-corrected chi connectivity index (χ1v) is 9.59. The molecule has 28 heavy (non-hydrogen) atoms. The molecule has 2 heterocycles. The van der Waals surface area contributed by atoms with Crippen molar-refractivity contribution in [3.05, 3.63) is 74.8 Å². The van der Waals surface area contributed by atoms with Crippen molar-refractivity contribution in [1.82, 2.24) is 24.3 Å². The van der Waals surface area contributed by atoms with Gasteiger partial charge in [0.05, 0.1) is 16.4 Å². The van der Waals surface area contributed by atoms with E-state index in [4.69, 9.17) is 0 Å². The van der Waals surface area contributed by atoms with E-state index in [0.717, 1.165) is 10.7 Å². The number of hydrogen-bond acceptors (Lipinski definition) is 7. The van der Waals surface area contributed by atoms with Gasteiger partial charge in [0.1, 0.15) is 0 Å². The molecule has 11 nitrogen and oxygen atoms in total. The smallest absolute Gasteiger partial charge is 0.268 e. The molecule has 3 aromatic rings. The number of benzene rings is 1. The van der Waals surface area contributed by atoms with Crippen LogP contribution in [-0.4, -0.2) is 39.4 Å². The monoisotopic (exact) mass is 404 g/mol. The SMILES string of the molecule is Cc1ccc([N+](=O)[O-])cc1S(=O)(=O)NCCn1nc(-n2cccn2)ccc1=O. The van der Waals surface area contributed by atoms with Crippen LogP contribution in [0, 0.1) is 17.0 Å². The maximum atomic E-state index is 12.5. The first-order valence-electron chi connectivity index (χ1n) is 8.11. The molecule has 0 aliphatic carbocycles. The highest BCUT2D eigenvalue weighted by atomic mass is 32.2. The molecule has 0 spiro atoms. The number of nitrogens with one attached hydrogen (secondary N) is 1. The first kappa shape index (κ1) is 19.4. The summed E-state index contributed by atoms with van der Waals surface area (Å²) in [5, 5.41) is 19.1. The summed E-state index contributed by atoms with van der Waals surface area (Å²) in [6.07, 6.45) is 3.22. The number of hydrogen-bond donors (Lipinski definition) is 1. The molecule has 0 saturated carbocycles. The van der Waals surface area contributed by atoms with Crippen molar-refractivity contribution in [2.45, 2.75) is 18.4 Å². The van der Waals surface area contributed by atoms with Crippen LogP contribution in [0.1, 0.15) is 5.56 Å². The van der Waals surface area contributed by atoms with E-state index < -0.39 is 20.5 Å². The zero-order valence-corrected chi connectivity index (χ0v) is 15.5. The number of nitro groups is 1. The van der Waals surface area contributed by atoms with Crippen LogP contribution in [0.2, 0.25) is 0 Å². The summed E-state index contributed by atoms with van der Waals surface area (Å²) in [6.45, 7) is 1.39. The minimum Gasteiger partial charge on any atom is -0.268 e. The summed E-state index contributed by atoms with van der Waals surface area (Å²) in [5.74, 6) is 0.405. The van der Waals surface area contributed by atoms with Gasteiger partial charge in [-0.3, -0.25) is 14.9 Å². The van der Waals surface area contributed by atoms with Gasteiger partial charge in [-0.2, -0.15) is 5.10 Å². The molecule has 0 aliphatic rings. The minimum atomic E-state index is -4.00. The van der Waals surface area contributed by atoms with Gasteiger partial charge in [0.25, 0.3) is 11.2 Å². The van der Waals surface area contributed by atoms with Crippen LogP contribution in [0.5, 0.6) is 0 Å². The zero-order valence-electron chi connectivity index (χ0n) is 14.7. The Bertz CT molecular complexity index is 1170. The fraction of sp³-hybridized carbons (Fsp3) is 0.188. The Morgan fingerprint density at radius 1 is 1.25 bits per heavy atom. The van der Waals surface area contributed by atoms with E-state index in [0.29, 0.717) is 11.4 Å². The van der Waals surface area contributed by atoms with E-state index in [1.54, 1.807) is 18.5 Å². The number of non-ortho nitro benzene ring substituents is 1. The number of aromatic nitrogens is 4. The summed E-state index contributed by atoms with van der Waals surface area (Å²) in [7, 11) is -4.00. The number of nitrogens with zero attached hydrogens (tertiary/aromatic N) is 5. The molecule has 1 aromatic carbocycles. The predicted octanol–water partition coefficient (Wildman–Crippen LogP) is 0.624. The summed E-state index contributed by atoms with van der Waals surface area (Å²) >= 11 is 0. The second-order valence-electron chi connectivity index (χ2n) is 5.81. The lowest BCUT2D eigenvalue weighted by atomic mass is 10.2. The van der Waals surface area contributed by atoms with Crippen molar-refractivity contribution in [2.24, 2.45) is 0 Å². The van der Waals surface area contributed by atoms with Crippen LogP contribution in [0.15, 0.2) is 58.5 Å². The van der Waals surface area contributed by atoms with Crippen molar-refractivity contribution in [2.75, 3.05) is 6.54 Å². The van der Waals surface area contributed by atoms with E-state index in [1.165, 1.54) is 35.9 Å². The van der Waals surface area contributed by atoms with Gasteiger partial charge in [-0.05, 0) is 24.6 Å². The highest BCUT2D eigenvalue weighted by Crippen LogP contribution is 2.21. The topological polar surface area (TPSA) is 142 Å². The van der Waals surface area contributed by atoms with Gasteiger partial charge >= 0.3 is 0 Å². The van der Waals surface area contributed by atoms with E-state index in [1.807, 2.05) is 0 Å². The quantitative estimate of drug-likeness (QED) is 0.449. The maximum absolute atomic E-state index is 12.5. The summed E-state index contributed by atoms with van der Waals surface area (Å²) in [5.41, 5.74) is -0.355. The highest BCUT2D eigenvalue weighted by Gasteiger charge is 2.20. The fourth-order valence-electron chi connectivity index (χ4n) is 2.48. The lowest BCUT2D eigenvalue weighted by Gasteiger charge is -2.10. The number of sulfonamides is 1. The number of rotatable bonds is 7. The Morgan fingerprint density at radius 2 is 2.04 bits per heavy atom. The molecule has 0 radical (unpaired) electrons. The standard InChI is InChI=1S/C16H16N6O5S/c1-12-3-4-13(22(24)25)11-14(12)28(26,27)18-8-10-21-16(23)6-5-15(19-21)20-9-2-7-17-20/h2-7,9,11,18H,8,10H2,1H3. The van der Waals surface area contributed by atoms with Crippen LogP contribution in [0.25, 0.3) is 5.82 Å². The molecule has 12 heteroatoms. The van der Waals surface area contributed by atoms with Crippen molar-refractivity contribution in [1.29, 1.82) is 0 Å².